The minimum atomic E-state index is -1.18. The number of aliphatic hydroxyl groups is 2. The third-order valence-corrected chi connectivity index (χ3v) is 7.82. The zero-order valence-corrected chi connectivity index (χ0v) is 19.4. The van der Waals surface area contributed by atoms with E-state index in [1.54, 1.807) is 0 Å². The van der Waals surface area contributed by atoms with Crippen molar-refractivity contribution in [3.8, 4) is 0 Å². The topological polar surface area (TPSA) is 119 Å². The summed E-state index contributed by atoms with van der Waals surface area (Å²) in [5.41, 5.74) is 0. The highest BCUT2D eigenvalue weighted by Gasteiger charge is 2.44. The van der Waals surface area contributed by atoms with Crippen LogP contribution >= 0.6 is 0 Å². The smallest absolute Gasteiger partial charge is 0.225 e. The molecule has 33 heavy (non-hydrogen) atoms. The number of piperazine rings is 1. The van der Waals surface area contributed by atoms with Gasteiger partial charge in [-0.3, -0.25) is 14.5 Å². The average molecular weight is 472 g/mol. The van der Waals surface area contributed by atoms with Gasteiger partial charge in [0.25, 0.3) is 0 Å². The molecule has 4 fully saturated rings. The van der Waals surface area contributed by atoms with Gasteiger partial charge in [0.2, 0.25) is 11.8 Å². The lowest BCUT2D eigenvalue weighted by molar-refractivity contribution is -0.717. The van der Waals surface area contributed by atoms with Crippen LogP contribution in [0.3, 0.4) is 0 Å². The van der Waals surface area contributed by atoms with Crippen LogP contribution in [0.1, 0.15) is 51.4 Å². The number of piperidine rings is 1. The molecule has 0 bridgehead atoms. The first-order valence-corrected chi connectivity index (χ1v) is 12.7. The Balaban J connectivity index is 1.20. The molecule has 188 valence electrons. The maximum Gasteiger partial charge on any atom is 0.225 e. The summed E-state index contributed by atoms with van der Waals surface area (Å²) in [4.78, 5) is 29.4. The molecule has 9 nitrogen and oxygen atoms in total. The Bertz CT molecular complexity index is 671. The van der Waals surface area contributed by atoms with Crippen molar-refractivity contribution in [2.45, 2.75) is 88.1 Å². The number of amides is 2. The third kappa shape index (κ3) is 6.22. The SMILES string of the molecule is O=C(NCC1OC(CC(=O)N2CCN(C3CCCC[NH2+]3)CC2)C(O)C1O)C1CCCC(F)C1. The molecule has 7 atom stereocenters. The number of quaternary nitrogens is 1. The molecule has 0 radical (unpaired) electrons. The van der Waals surface area contributed by atoms with Crippen LogP contribution in [0.2, 0.25) is 0 Å². The number of nitrogens with zero attached hydrogens (tertiary/aromatic N) is 2. The third-order valence-electron chi connectivity index (χ3n) is 7.82. The maximum atomic E-state index is 13.6. The number of rotatable bonds is 6. The quantitative estimate of drug-likeness (QED) is 0.384. The fourth-order valence-corrected chi connectivity index (χ4v) is 5.74. The Morgan fingerprint density at radius 3 is 2.45 bits per heavy atom. The number of hydrogen-bond acceptors (Lipinski definition) is 6. The second kappa shape index (κ2) is 11.4. The summed E-state index contributed by atoms with van der Waals surface area (Å²) in [6.07, 6.45) is 1.45. The van der Waals surface area contributed by atoms with Gasteiger partial charge in [-0.1, -0.05) is 0 Å². The maximum absolute atomic E-state index is 13.6. The van der Waals surface area contributed by atoms with Crippen LogP contribution in [0.15, 0.2) is 0 Å². The molecule has 5 N–H and O–H groups in total. The van der Waals surface area contributed by atoms with Crippen LogP contribution < -0.4 is 10.6 Å². The Morgan fingerprint density at radius 1 is 1.00 bits per heavy atom. The van der Waals surface area contributed by atoms with Crippen LogP contribution in [0.25, 0.3) is 0 Å². The Morgan fingerprint density at radius 2 is 1.76 bits per heavy atom. The van der Waals surface area contributed by atoms with E-state index < -0.39 is 30.6 Å². The van der Waals surface area contributed by atoms with Crippen LogP contribution in [-0.2, 0) is 14.3 Å². The Hall–Kier alpha value is -1.33. The van der Waals surface area contributed by atoms with E-state index in [9.17, 15) is 24.2 Å². The van der Waals surface area contributed by atoms with Crippen molar-refractivity contribution in [1.29, 1.82) is 0 Å². The first-order chi connectivity index (χ1) is 15.9. The molecular formula is C23H40FN4O5+. The van der Waals surface area contributed by atoms with Gasteiger partial charge < -0.3 is 30.5 Å². The minimum Gasteiger partial charge on any atom is -0.388 e. The Kier molecular flexibility index (Phi) is 8.56. The van der Waals surface area contributed by atoms with Crippen molar-refractivity contribution in [2.75, 3.05) is 39.3 Å². The molecule has 3 saturated heterocycles. The molecule has 2 amide bonds. The van der Waals surface area contributed by atoms with Crippen LogP contribution in [-0.4, -0.2) is 108 Å². The zero-order valence-electron chi connectivity index (χ0n) is 19.4. The summed E-state index contributed by atoms with van der Waals surface area (Å²) in [6.45, 7) is 4.21. The molecule has 10 heteroatoms. The van der Waals surface area contributed by atoms with Gasteiger partial charge in [-0.05, 0) is 38.5 Å². The average Bonchev–Trinajstić information content (AvgIpc) is 3.11. The predicted octanol–water partition coefficient (Wildman–Crippen LogP) is -1.27. The lowest BCUT2D eigenvalue weighted by atomic mass is 9.87. The van der Waals surface area contributed by atoms with Gasteiger partial charge in [0, 0.05) is 45.1 Å². The van der Waals surface area contributed by atoms with Crippen molar-refractivity contribution >= 4 is 11.8 Å². The normalized spacial score (nSPS) is 38.3. The molecule has 1 aliphatic carbocycles. The van der Waals surface area contributed by atoms with E-state index in [-0.39, 0.29) is 37.1 Å². The van der Waals surface area contributed by atoms with E-state index in [0.29, 0.717) is 38.5 Å². The second-order valence-corrected chi connectivity index (χ2v) is 10.1. The molecule has 1 saturated carbocycles. The summed E-state index contributed by atoms with van der Waals surface area (Å²) < 4.78 is 19.3. The van der Waals surface area contributed by atoms with Crippen molar-refractivity contribution in [1.82, 2.24) is 15.1 Å². The van der Waals surface area contributed by atoms with E-state index in [2.05, 4.69) is 15.5 Å². The van der Waals surface area contributed by atoms with Gasteiger partial charge >= 0.3 is 0 Å². The van der Waals surface area contributed by atoms with Gasteiger partial charge in [0.1, 0.15) is 30.6 Å². The summed E-state index contributed by atoms with van der Waals surface area (Å²) in [5.74, 6) is -0.686. The van der Waals surface area contributed by atoms with Gasteiger partial charge in [-0.15, -0.1) is 0 Å². The fourth-order valence-electron chi connectivity index (χ4n) is 5.74. The van der Waals surface area contributed by atoms with Crippen LogP contribution in [0, 0.1) is 5.92 Å². The molecule has 0 aromatic rings. The minimum absolute atomic E-state index is 0.00435. The standard InChI is InChI=1S/C23H39FN4O5/c24-16-5-3-4-15(12-16)23(32)26-14-18-22(31)21(30)17(33-18)13-20(29)28-10-8-27(9-11-28)19-6-1-2-7-25-19/h15-19,21-22,25,30-31H,1-14H2,(H,26,32)/p+1. The fraction of sp³-hybridized carbons (Fsp3) is 0.913. The monoisotopic (exact) mass is 471 g/mol. The van der Waals surface area contributed by atoms with Gasteiger partial charge in [0.15, 0.2) is 0 Å². The number of ether oxygens (including phenoxy) is 1. The molecule has 0 aromatic carbocycles. The highest BCUT2D eigenvalue weighted by molar-refractivity contribution is 5.79. The van der Waals surface area contributed by atoms with Gasteiger partial charge in [-0.2, -0.15) is 0 Å². The summed E-state index contributed by atoms with van der Waals surface area (Å²) >= 11 is 0. The summed E-state index contributed by atoms with van der Waals surface area (Å²) in [7, 11) is 0. The number of halogens is 1. The van der Waals surface area contributed by atoms with E-state index in [1.165, 1.54) is 25.8 Å². The molecule has 3 aliphatic heterocycles. The number of alkyl halides is 1. The van der Waals surface area contributed by atoms with Crippen molar-refractivity contribution in [2.24, 2.45) is 5.92 Å². The number of nitrogens with two attached hydrogens (primary N) is 1. The number of carbonyl (C=O) groups excluding carboxylic acids is 2. The van der Waals surface area contributed by atoms with E-state index in [1.807, 2.05) is 4.90 Å². The van der Waals surface area contributed by atoms with Crippen LogP contribution in [0.4, 0.5) is 4.39 Å². The van der Waals surface area contributed by atoms with E-state index >= 15 is 0 Å². The molecule has 4 aliphatic rings. The van der Waals surface area contributed by atoms with Crippen molar-refractivity contribution < 1.29 is 34.2 Å². The molecule has 4 rings (SSSR count). The lowest BCUT2D eigenvalue weighted by Crippen LogP contribution is -2.95. The number of hydrogen-bond donors (Lipinski definition) is 4. The van der Waals surface area contributed by atoms with Gasteiger partial charge in [0.05, 0.1) is 19.1 Å². The molecule has 7 unspecified atom stereocenters. The number of carbonyl (C=O) groups is 2. The van der Waals surface area contributed by atoms with Crippen LogP contribution in [0.5, 0.6) is 0 Å². The lowest BCUT2D eigenvalue weighted by Gasteiger charge is -2.39. The summed E-state index contributed by atoms with van der Waals surface area (Å²) in [5, 5.41) is 25.9. The molecule has 0 aromatic heterocycles. The number of nitrogens with one attached hydrogen (secondary N) is 1. The van der Waals surface area contributed by atoms with E-state index in [4.69, 9.17) is 4.74 Å². The molecular weight excluding hydrogens is 431 g/mol. The first-order valence-electron chi connectivity index (χ1n) is 12.7. The largest absolute Gasteiger partial charge is 0.388 e. The highest BCUT2D eigenvalue weighted by atomic mass is 19.1. The predicted molar refractivity (Wildman–Crippen MR) is 118 cm³/mol. The highest BCUT2D eigenvalue weighted by Crippen LogP contribution is 2.27. The summed E-state index contributed by atoms with van der Waals surface area (Å²) in [6, 6.07) is 0. The Labute approximate surface area is 195 Å². The molecule has 0 spiro atoms. The number of aliphatic hydroxyl groups excluding tert-OH is 2. The van der Waals surface area contributed by atoms with Gasteiger partial charge in [-0.25, -0.2) is 4.39 Å². The zero-order chi connectivity index (χ0) is 23.4. The first kappa shape index (κ1) is 24.8. The van der Waals surface area contributed by atoms with E-state index in [0.717, 1.165) is 13.1 Å². The van der Waals surface area contributed by atoms with Crippen molar-refractivity contribution in [3.63, 3.8) is 0 Å². The van der Waals surface area contributed by atoms with Crippen molar-refractivity contribution in [3.05, 3.63) is 0 Å². The second-order valence-electron chi connectivity index (χ2n) is 10.1. The molecule has 3 heterocycles.